The smallest absolute Gasteiger partial charge is 0.239 e. The molecule has 1 N–H and O–H groups in total. The third-order valence-electron chi connectivity index (χ3n) is 6.01. The van der Waals surface area contributed by atoms with E-state index >= 15 is 0 Å². The molecule has 0 amide bonds. The SMILES string of the molecule is C/C=S(\Nc1nnc(-c2cncc(C)c2)n1-c1c(OC)cccc1OC)[C@@H](C)[C@H](OC)c1ccc(Cl)cn1. The largest absolute Gasteiger partial charge is 0.494 e. The molecule has 0 radical (unpaired) electrons. The van der Waals surface area contributed by atoms with Gasteiger partial charge in [0.25, 0.3) is 0 Å². The van der Waals surface area contributed by atoms with Crippen LogP contribution in [0.1, 0.15) is 31.2 Å². The van der Waals surface area contributed by atoms with Gasteiger partial charge in [-0.05, 0) is 62.0 Å². The Labute approximate surface area is 230 Å². The van der Waals surface area contributed by atoms with Crippen LogP contribution in [0.5, 0.6) is 11.5 Å². The van der Waals surface area contributed by atoms with Gasteiger partial charge in [0.05, 0.1) is 24.9 Å². The van der Waals surface area contributed by atoms with E-state index in [9.17, 15) is 0 Å². The quantitative estimate of drug-likeness (QED) is 0.242. The lowest BCUT2D eigenvalue weighted by Gasteiger charge is -2.26. The fourth-order valence-electron chi connectivity index (χ4n) is 4.19. The molecule has 3 heterocycles. The molecule has 0 aliphatic carbocycles. The average Bonchev–Trinajstić information content (AvgIpc) is 3.35. The maximum absolute atomic E-state index is 6.06. The molecule has 1 aromatic carbocycles. The molecule has 0 saturated heterocycles. The molecule has 200 valence electrons. The number of ether oxygens (including phenoxy) is 3. The lowest BCUT2D eigenvalue weighted by molar-refractivity contribution is 0.101. The summed E-state index contributed by atoms with van der Waals surface area (Å²) in [7, 11) is 4.42. The van der Waals surface area contributed by atoms with E-state index in [1.54, 1.807) is 39.9 Å². The second kappa shape index (κ2) is 12.4. The number of rotatable bonds is 10. The van der Waals surface area contributed by atoms with Crippen LogP contribution in [0.15, 0.2) is 55.0 Å². The second-order valence-corrected chi connectivity index (χ2v) is 11.0. The van der Waals surface area contributed by atoms with Crippen molar-refractivity contribution in [2.45, 2.75) is 32.1 Å². The Kier molecular flexibility index (Phi) is 8.98. The molecule has 3 atom stereocenters. The van der Waals surface area contributed by atoms with Gasteiger partial charge in [-0.3, -0.25) is 14.5 Å². The summed E-state index contributed by atoms with van der Waals surface area (Å²) in [5, 5.41) is 11.8. The van der Waals surface area contributed by atoms with Crippen LogP contribution in [0.4, 0.5) is 5.95 Å². The summed E-state index contributed by atoms with van der Waals surface area (Å²) in [5.41, 5.74) is 3.29. The number of hydrogen-bond acceptors (Lipinski definition) is 8. The highest BCUT2D eigenvalue weighted by Crippen LogP contribution is 2.40. The summed E-state index contributed by atoms with van der Waals surface area (Å²) >= 11 is 6.06. The molecule has 0 spiro atoms. The zero-order valence-electron chi connectivity index (χ0n) is 22.2. The number of benzene rings is 1. The van der Waals surface area contributed by atoms with Crippen LogP contribution in [0, 0.1) is 6.92 Å². The van der Waals surface area contributed by atoms with E-state index in [0.717, 1.165) is 16.8 Å². The monoisotopic (exact) mass is 554 g/mol. The van der Waals surface area contributed by atoms with Crippen LogP contribution in [-0.2, 0) is 4.74 Å². The average molecular weight is 555 g/mol. The maximum atomic E-state index is 6.06. The van der Waals surface area contributed by atoms with Gasteiger partial charge in [0.1, 0.15) is 23.3 Å². The van der Waals surface area contributed by atoms with Gasteiger partial charge < -0.3 is 18.9 Å². The molecule has 11 heteroatoms. The lowest BCUT2D eigenvalue weighted by atomic mass is 10.2. The molecule has 0 bridgehead atoms. The highest BCUT2D eigenvalue weighted by Gasteiger charge is 2.27. The van der Waals surface area contributed by atoms with Crippen molar-refractivity contribution in [2.24, 2.45) is 0 Å². The highest BCUT2D eigenvalue weighted by molar-refractivity contribution is 8.16. The molecule has 38 heavy (non-hydrogen) atoms. The van der Waals surface area contributed by atoms with Gasteiger partial charge in [-0.25, -0.2) is 0 Å². The Hall–Kier alpha value is -3.47. The molecule has 4 rings (SSSR count). The number of pyridine rings is 2. The molecule has 0 aliphatic heterocycles. The minimum Gasteiger partial charge on any atom is -0.494 e. The van der Waals surface area contributed by atoms with E-state index in [0.29, 0.717) is 34.0 Å². The first kappa shape index (κ1) is 27.6. The number of anilines is 1. The van der Waals surface area contributed by atoms with Crippen molar-refractivity contribution in [2.75, 3.05) is 26.1 Å². The van der Waals surface area contributed by atoms with Crippen LogP contribution >= 0.6 is 22.3 Å². The Morgan fingerprint density at radius 1 is 1.03 bits per heavy atom. The molecule has 0 fully saturated rings. The summed E-state index contributed by atoms with van der Waals surface area (Å²) in [5.74, 6) is 2.35. The minimum atomic E-state index is -0.505. The molecule has 1 unspecified atom stereocenters. The molecule has 9 nitrogen and oxygen atoms in total. The Morgan fingerprint density at radius 3 is 2.34 bits per heavy atom. The second-order valence-electron chi connectivity index (χ2n) is 8.42. The molecule has 3 aromatic heterocycles. The van der Waals surface area contributed by atoms with Gasteiger partial charge in [0, 0.05) is 36.5 Å². The van der Waals surface area contributed by atoms with Gasteiger partial charge in [-0.15, -0.1) is 10.2 Å². The Balaban J connectivity index is 1.83. The normalized spacial score (nSPS) is 13.7. The number of nitrogens with one attached hydrogen (secondary N) is 1. The van der Waals surface area contributed by atoms with E-state index in [4.69, 9.17) is 25.8 Å². The molecule has 4 aromatic rings. The number of para-hydroxylation sites is 1. The van der Waals surface area contributed by atoms with Crippen molar-refractivity contribution in [1.82, 2.24) is 24.7 Å². The first-order valence-corrected chi connectivity index (χ1v) is 13.7. The van der Waals surface area contributed by atoms with Crippen molar-refractivity contribution in [3.05, 3.63) is 71.3 Å². The minimum absolute atomic E-state index is 0.00697. The summed E-state index contributed by atoms with van der Waals surface area (Å²) in [4.78, 5) is 8.86. The van der Waals surface area contributed by atoms with E-state index in [1.807, 2.05) is 54.8 Å². The van der Waals surface area contributed by atoms with Crippen LogP contribution < -0.4 is 14.2 Å². The molecular weight excluding hydrogens is 524 g/mol. The lowest BCUT2D eigenvalue weighted by Crippen LogP contribution is -2.20. The zero-order chi connectivity index (χ0) is 27.2. The van der Waals surface area contributed by atoms with Crippen molar-refractivity contribution in [3.8, 4) is 28.6 Å². The Bertz CT molecular complexity index is 1400. The van der Waals surface area contributed by atoms with Crippen LogP contribution in [0.3, 0.4) is 0 Å². The standard InChI is InChI=1S/C27H31ClN6O3S/c1-7-38(18(3)25(37-6)21-12-11-20(28)16-30-21)33-27-32-31-26(19-13-17(2)14-29-15-19)34(27)24-22(35-4)9-8-10-23(24)36-5/h7-16,18,25H,1-6H3,(H,32,33)/t18-,25-,38?/m0/s1. The first-order valence-electron chi connectivity index (χ1n) is 11.9. The van der Waals surface area contributed by atoms with E-state index in [-0.39, 0.29) is 11.4 Å². The third kappa shape index (κ3) is 5.67. The fourth-order valence-corrected chi connectivity index (χ4v) is 5.90. The first-order chi connectivity index (χ1) is 18.4. The van der Waals surface area contributed by atoms with E-state index in [1.165, 1.54) is 0 Å². The van der Waals surface area contributed by atoms with E-state index < -0.39 is 10.7 Å². The number of aryl methyl sites for hydroxylation is 1. The predicted molar refractivity (Wildman–Crippen MR) is 154 cm³/mol. The van der Waals surface area contributed by atoms with Crippen molar-refractivity contribution < 1.29 is 14.2 Å². The number of halogens is 1. The van der Waals surface area contributed by atoms with Gasteiger partial charge >= 0.3 is 0 Å². The Morgan fingerprint density at radius 2 is 1.76 bits per heavy atom. The molecule has 0 aliphatic rings. The highest BCUT2D eigenvalue weighted by atomic mass is 35.5. The number of hydrogen-bond donors (Lipinski definition) is 1. The fraction of sp³-hybridized carbons (Fsp3) is 0.296. The van der Waals surface area contributed by atoms with Crippen molar-refractivity contribution in [1.29, 1.82) is 0 Å². The molecule has 0 saturated carbocycles. The summed E-state index contributed by atoms with van der Waals surface area (Å²) in [6, 6.07) is 11.3. The third-order valence-corrected chi connectivity index (χ3v) is 8.21. The maximum Gasteiger partial charge on any atom is 0.239 e. The van der Waals surface area contributed by atoms with Crippen LogP contribution in [0.25, 0.3) is 17.1 Å². The van der Waals surface area contributed by atoms with Gasteiger partial charge in [-0.1, -0.05) is 28.3 Å². The predicted octanol–water partition coefficient (Wildman–Crippen LogP) is 5.90. The number of aromatic nitrogens is 5. The number of methoxy groups -OCH3 is 3. The summed E-state index contributed by atoms with van der Waals surface area (Å²) in [6.45, 7) is 6.10. The van der Waals surface area contributed by atoms with Crippen molar-refractivity contribution >= 4 is 33.6 Å². The van der Waals surface area contributed by atoms with E-state index in [2.05, 4.69) is 37.2 Å². The molecular formula is C27H31ClN6O3S. The van der Waals surface area contributed by atoms with Crippen LogP contribution in [-0.4, -0.2) is 56.7 Å². The van der Waals surface area contributed by atoms with Gasteiger partial charge in [-0.2, -0.15) is 0 Å². The summed E-state index contributed by atoms with van der Waals surface area (Å²) in [6.07, 6.45) is 4.91. The number of nitrogens with zero attached hydrogens (tertiary/aromatic N) is 5. The van der Waals surface area contributed by atoms with Crippen molar-refractivity contribution in [3.63, 3.8) is 0 Å². The topological polar surface area (TPSA) is 96.2 Å². The zero-order valence-corrected chi connectivity index (χ0v) is 23.7. The van der Waals surface area contributed by atoms with Crippen LogP contribution in [0.2, 0.25) is 5.02 Å². The summed E-state index contributed by atoms with van der Waals surface area (Å²) < 4.78 is 22.9. The van der Waals surface area contributed by atoms with Gasteiger partial charge in [0.2, 0.25) is 5.95 Å². The van der Waals surface area contributed by atoms with Gasteiger partial charge in [0.15, 0.2) is 5.82 Å².